The zero-order chi connectivity index (χ0) is 12.8. The lowest BCUT2D eigenvalue weighted by molar-refractivity contribution is -0.123. The number of nitrogens with two attached hydrogens (primary N) is 1. The van der Waals surface area contributed by atoms with Crippen LogP contribution in [0.1, 0.15) is 18.4 Å². The normalized spacial score (nSPS) is 20.6. The minimum Gasteiger partial charge on any atom is -0.351 e. The zero-order valence-corrected chi connectivity index (χ0v) is 11.3. The van der Waals surface area contributed by atoms with E-state index in [0.29, 0.717) is 12.5 Å². The number of carbonyl (C=O) groups excluding carboxylic acids is 1. The van der Waals surface area contributed by atoms with Crippen LogP contribution >= 0.6 is 11.8 Å². The third-order valence-corrected chi connectivity index (χ3v) is 4.36. The van der Waals surface area contributed by atoms with E-state index in [-0.39, 0.29) is 5.91 Å². The molecule has 0 aromatic heterocycles. The van der Waals surface area contributed by atoms with E-state index in [0.717, 1.165) is 24.3 Å². The maximum atomic E-state index is 11.9. The van der Waals surface area contributed by atoms with Crippen molar-refractivity contribution >= 4 is 17.7 Å². The van der Waals surface area contributed by atoms with Crippen molar-refractivity contribution in [3.05, 3.63) is 35.9 Å². The predicted octanol–water partition coefficient (Wildman–Crippen LogP) is 1.57. The number of amides is 1. The summed E-state index contributed by atoms with van der Waals surface area (Å²) in [5, 5.41) is 3.03. The minimum atomic E-state index is -0.393. The monoisotopic (exact) mass is 264 g/mol. The molecule has 4 heteroatoms. The summed E-state index contributed by atoms with van der Waals surface area (Å²) in [7, 11) is 0. The number of thioether (sulfide) groups is 1. The molecule has 0 bridgehead atoms. The number of rotatable bonds is 5. The predicted molar refractivity (Wildman–Crippen MR) is 76.6 cm³/mol. The van der Waals surface area contributed by atoms with Gasteiger partial charge in [0.05, 0.1) is 6.04 Å². The van der Waals surface area contributed by atoms with Crippen LogP contribution in [-0.2, 0) is 11.2 Å². The van der Waals surface area contributed by atoms with Gasteiger partial charge in [0.1, 0.15) is 0 Å². The van der Waals surface area contributed by atoms with E-state index in [2.05, 4.69) is 17.4 Å². The van der Waals surface area contributed by atoms with Crippen LogP contribution in [0.15, 0.2) is 30.3 Å². The van der Waals surface area contributed by atoms with Crippen molar-refractivity contribution in [3.8, 4) is 0 Å². The van der Waals surface area contributed by atoms with Crippen molar-refractivity contribution in [3.63, 3.8) is 0 Å². The molecule has 2 atom stereocenters. The van der Waals surface area contributed by atoms with Gasteiger partial charge in [-0.15, -0.1) is 0 Å². The minimum absolute atomic E-state index is 0.00145. The smallest absolute Gasteiger partial charge is 0.237 e. The van der Waals surface area contributed by atoms with E-state index >= 15 is 0 Å². The average molecular weight is 264 g/mol. The lowest BCUT2D eigenvalue weighted by Crippen LogP contribution is -2.45. The summed E-state index contributed by atoms with van der Waals surface area (Å²) >= 11 is 1.89. The molecule has 1 amide bonds. The largest absolute Gasteiger partial charge is 0.351 e. The number of carbonyl (C=O) groups is 1. The molecule has 0 spiro atoms. The first-order chi connectivity index (χ1) is 8.75. The maximum absolute atomic E-state index is 11.9. The molecule has 18 heavy (non-hydrogen) atoms. The van der Waals surface area contributed by atoms with Gasteiger partial charge in [0, 0.05) is 11.8 Å². The van der Waals surface area contributed by atoms with Crippen molar-refractivity contribution in [2.75, 3.05) is 11.5 Å². The van der Waals surface area contributed by atoms with Crippen molar-refractivity contribution in [1.29, 1.82) is 0 Å². The van der Waals surface area contributed by atoms with Crippen LogP contribution in [0.2, 0.25) is 0 Å². The van der Waals surface area contributed by atoms with Crippen molar-refractivity contribution in [1.82, 2.24) is 5.32 Å². The quantitative estimate of drug-likeness (QED) is 0.849. The fourth-order valence-corrected chi connectivity index (χ4v) is 3.21. The Hall–Kier alpha value is -1.00. The fraction of sp³-hybridized carbons (Fsp3) is 0.500. The molecule has 3 N–H and O–H groups in total. The van der Waals surface area contributed by atoms with Crippen molar-refractivity contribution < 1.29 is 4.79 Å². The Bertz CT molecular complexity index is 377. The van der Waals surface area contributed by atoms with E-state index in [1.165, 1.54) is 5.56 Å². The number of hydrogen-bond acceptors (Lipinski definition) is 3. The van der Waals surface area contributed by atoms with Crippen LogP contribution in [0.4, 0.5) is 0 Å². The van der Waals surface area contributed by atoms with Crippen LogP contribution < -0.4 is 11.1 Å². The third-order valence-electron chi connectivity index (χ3n) is 3.20. The molecule has 98 valence electrons. The summed E-state index contributed by atoms with van der Waals surface area (Å²) in [6.45, 7) is 0. The van der Waals surface area contributed by atoms with Gasteiger partial charge in [0.25, 0.3) is 0 Å². The Morgan fingerprint density at radius 2 is 2.22 bits per heavy atom. The lowest BCUT2D eigenvalue weighted by Gasteiger charge is -2.16. The van der Waals surface area contributed by atoms with Crippen molar-refractivity contribution in [2.45, 2.75) is 31.3 Å². The van der Waals surface area contributed by atoms with Gasteiger partial charge in [-0.25, -0.2) is 0 Å². The summed E-state index contributed by atoms with van der Waals surface area (Å²) in [6, 6.07) is 10.1. The van der Waals surface area contributed by atoms with Crippen molar-refractivity contribution in [2.24, 2.45) is 5.73 Å². The molecule has 1 aliphatic heterocycles. The molecule has 3 nitrogen and oxygen atoms in total. The molecule has 1 fully saturated rings. The molecule has 1 saturated heterocycles. The van der Waals surface area contributed by atoms with Crippen LogP contribution in [0, 0.1) is 0 Å². The summed E-state index contributed by atoms with van der Waals surface area (Å²) in [5.41, 5.74) is 7.16. The highest BCUT2D eigenvalue weighted by molar-refractivity contribution is 7.99. The number of aryl methyl sites for hydroxylation is 1. The second-order valence-electron chi connectivity index (χ2n) is 4.70. The topological polar surface area (TPSA) is 55.1 Å². The van der Waals surface area contributed by atoms with E-state index in [9.17, 15) is 4.79 Å². The molecule has 0 saturated carbocycles. The van der Waals surface area contributed by atoms with Crippen LogP contribution in [0.5, 0.6) is 0 Å². The zero-order valence-electron chi connectivity index (χ0n) is 10.5. The molecule has 1 aromatic rings. The Morgan fingerprint density at radius 1 is 1.44 bits per heavy atom. The summed E-state index contributed by atoms with van der Waals surface area (Å²) in [4.78, 5) is 11.9. The van der Waals surface area contributed by atoms with E-state index in [1.807, 2.05) is 30.0 Å². The Labute approximate surface area is 113 Å². The van der Waals surface area contributed by atoms with Gasteiger partial charge in [-0.3, -0.25) is 4.79 Å². The second-order valence-corrected chi connectivity index (χ2v) is 5.85. The molecule has 1 heterocycles. The molecular weight excluding hydrogens is 244 g/mol. The van der Waals surface area contributed by atoms with Gasteiger partial charge in [-0.1, -0.05) is 30.3 Å². The van der Waals surface area contributed by atoms with Gasteiger partial charge in [-0.05, 0) is 30.6 Å². The molecule has 0 aliphatic carbocycles. The summed E-state index contributed by atoms with van der Waals surface area (Å²) < 4.78 is 0. The fourth-order valence-electron chi connectivity index (χ4n) is 2.05. The van der Waals surface area contributed by atoms with E-state index in [1.54, 1.807) is 0 Å². The van der Waals surface area contributed by atoms with Crippen LogP contribution in [0.3, 0.4) is 0 Å². The third kappa shape index (κ3) is 4.03. The molecule has 2 rings (SSSR count). The van der Waals surface area contributed by atoms with Crippen LogP contribution in [0.25, 0.3) is 0 Å². The van der Waals surface area contributed by atoms with E-state index < -0.39 is 6.04 Å². The van der Waals surface area contributed by atoms with E-state index in [4.69, 9.17) is 5.73 Å². The Kier molecular flexibility index (Phi) is 5.08. The average Bonchev–Trinajstić information content (AvgIpc) is 2.90. The first kappa shape index (κ1) is 13.4. The standard InChI is InChI=1S/C14H20N2OS/c15-13(7-6-11-4-2-1-3-5-11)14(17)16-12-8-9-18-10-12/h1-5,12-13H,6-10,15H2,(H,16,17)/t12?,13-/m0/s1. The number of hydrogen-bond donors (Lipinski definition) is 2. The molecule has 1 aliphatic rings. The highest BCUT2D eigenvalue weighted by atomic mass is 32.2. The van der Waals surface area contributed by atoms with Gasteiger partial charge >= 0.3 is 0 Å². The van der Waals surface area contributed by atoms with Gasteiger partial charge in [0.15, 0.2) is 0 Å². The number of nitrogens with one attached hydrogen (secondary N) is 1. The van der Waals surface area contributed by atoms with Gasteiger partial charge in [0.2, 0.25) is 5.91 Å². The SMILES string of the molecule is N[C@@H](CCc1ccccc1)C(=O)NC1CCSC1. The van der Waals surface area contributed by atoms with Crippen LogP contribution in [-0.4, -0.2) is 29.5 Å². The number of benzene rings is 1. The second kappa shape index (κ2) is 6.81. The molecule has 1 unspecified atom stereocenters. The highest BCUT2D eigenvalue weighted by Gasteiger charge is 2.20. The summed E-state index contributed by atoms with van der Waals surface area (Å²) in [5.74, 6) is 2.17. The molecule has 1 aromatic carbocycles. The summed E-state index contributed by atoms with van der Waals surface area (Å²) in [6.07, 6.45) is 2.63. The Balaban J connectivity index is 1.73. The van der Waals surface area contributed by atoms with Gasteiger partial charge < -0.3 is 11.1 Å². The molecule has 0 radical (unpaired) electrons. The first-order valence-electron chi connectivity index (χ1n) is 6.43. The molecular formula is C14H20N2OS. The lowest BCUT2D eigenvalue weighted by atomic mass is 10.1. The first-order valence-corrected chi connectivity index (χ1v) is 7.59. The van der Waals surface area contributed by atoms with Gasteiger partial charge in [-0.2, -0.15) is 11.8 Å². The highest BCUT2D eigenvalue weighted by Crippen LogP contribution is 2.17. The Morgan fingerprint density at radius 3 is 2.89 bits per heavy atom. The maximum Gasteiger partial charge on any atom is 0.237 e.